The third-order valence-electron chi connectivity index (χ3n) is 6.91. The fourth-order valence-corrected chi connectivity index (χ4v) is 5.15. The van der Waals surface area contributed by atoms with Gasteiger partial charge in [0.05, 0.1) is 32.3 Å². The van der Waals surface area contributed by atoms with Crippen molar-refractivity contribution < 1.29 is 9.84 Å². The van der Waals surface area contributed by atoms with Crippen LogP contribution in [-0.2, 0) is 20.1 Å². The SMILES string of the molecule is CCOc1ccc(N2C[C@@H](O)Cn3c2nc2c3c(=O)n(Cc3cccc4ccccc34)c(=O)n2C)cc1. The number of anilines is 2. The third-order valence-corrected chi connectivity index (χ3v) is 6.91. The second kappa shape index (κ2) is 8.94. The van der Waals surface area contributed by atoms with Gasteiger partial charge >= 0.3 is 5.69 Å². The van der Waals surface area contributed by atoms with Crippen molar-refractivity contribution in [2.24, 2.45) is 7.05 Å². The summed E-state index contributed by atoms with van der Waals surface area (Å²) in [7, 11) is 1.63. The van der Waals surface area contributed by atoms with Gasteiger partial charge in [0.15, 0.2) is 11.2 Å². The number of ether oxygens (including phenoxy) is 1. The first-order valence-corrected chi connectivity index (χ1v) is 12.3. The van der Waals surface area contributed by atoms with Crippen LogP contribution in [0.1, 0.15) is 12.5 Å². The molecule has 0 spiro atoms. The Morgan fingerprint density at radius 2 is 1.76 bits per heavy atom. The maximum Gasteiger partial charge on any atom is 0.332 e. The van der Waals surface area contributed by atoms with Crippen LogP contribution in [0.25, 0.3) is 21.9 Å². The fraction of sp³-hybridized carbons (Fsp3) is 0.250. The van der Waals surface area contributed by atoms with Crippen molar-refractivity contribution in [1.82, 2.24) is 18.7 Å². The van der Waals surface area contributed by atoms with Gasteiger partial charge in [0, 0.05) is 12.7 Å². The van der Waals surface area contributed by atoms with E-state index < -0.39 is 17.4 Å². The second-order valence-electron chi connectivity index (χ2n) is 9.26. The van der Waals surface area contributed by atoms with E-state index in [4.69, 9.17) is 9.72 Å². The summed E-state index contributed by atoms with van der Waals surface area (Å²) in [6.07, 6.45) is -0.723. The molecule has 0 fully saturated rings. The van der Waals surface area contributed by atoms with Gasteiger partial charge in [-0.3, -0.25) is 13.9 Å². The van der Waals surface area contributed by atoms with Crippen LogP contribution in [0.2, 0.25) is 0 Å². The van der Waals surface area contributed by atoms with Crippen molar-refractivity contribution in [1.29, 1.82) is 0 Å². The summed E-state index contributed by atoms with van der Waals surface area (Å²) in [5.74, 6) is 1.26. The van der Waals surface area contributed by atoms with Crippen LogP contribution < -0.4 is 20.9 Å². The zero-order chi connectivity index (χ0) is 25.7. The number of rotatable bonds is 5. The van der Waals surface area contributed by atoms with Gasteiger partial charge in [-0.2, -0.15) is 4.98 Å². The van der Waals surface area contributed by atoms with Gasteiger partial charge in [0.2, 0.25) is 5.95 Å². The van der Waals surface area contributed by atoms with Gasteiger partial charge in [-0.05, 0) is 47.5 Å². The molecular weight excluding hydrogens is 470 g/mol. The minimum Gasteiger partial charge on any atom is -0.494 e. The molecule has 2 aromatic heterocycles. The Morgan fingerprint density at radius 1 is 1.00 bits per heavy atom. The largest absolute Gasteiger partial charge is 0.494 e. The second-order valence-corrected chi connectivity index (χ2v) is 9.26. The lowest BCUT2D eigenvalue weighted by molar-refractivity contribution is 0.154. The zero-order valence-electron chi connectivity index (χ0n) is 20.7. The molecule has 9 nitrogen and oxygen atoms in total. The van der Waals surface area contributed by atoms with Gasteiger partial charge in [0.25, 0.3) is 5.56 Å². The van der Waals surface area contributed by atoms with Crippen molar-refractivity contribution in [2.75, 3.05) is 18.1 Å². The molecule has 0 radical (unpaired) electrons. The van der Waals surface area contributed by atoms with Gasteiger partial charge in [-0.15, -0.1) is 0 Å². The molecular formula is C28H27N5O4. The summed E-state index contributed by atoms with van der Waals surface area (Å²) >= 11 is 0. The van der Waals surface area contributed by atoms with Gasteiger partial charge in [-0.25, -0.2) is 4.79 Å². The first-order chi connectivity index (χ1) is 18.0. The number of hydrogen-bond donors (Lipinski definition) is 1. The van der Waals surface area contributed by atoms with Crippen molar-refractivity contribution >= 4 is 33.6 Å². The lowest BCUT2D eigenvalue weighted by atomic mass is 10.0. The standard InChI is InChI=1S/C28H27N5O4/c1-3-37-22-13-11-20(12-14-22)31-16-21(34)17-32-24-25(29-27(31)32)30(2)28(36)33(26(24)35)15-19-9-6-8-18-7-4-5-10-23(18)19/h4-14,21,34H,3,15-17H2,1-2H3/t21-/m1/s1. The Balaban J connectivity index is 1.51. The van der Waals surface area contributed by atoms with Crippen LogP contribution in [0.15, 0.2) is 76.3 Å². The molecule has 0 bridgehead atoms. The highest BCUT2D eigenvalue weighted by Gasteiger charge is 2.30. The van der Waals surface area contributed by atoms with Gasteiger partial charge < -0.3 is 19.3 Å². The van der Waals surface area contributed by atoms with E-state index in [-0.39, 0.29) is 13.1 Å². The Hall–Kier alpha value is -4.37. The van der Waals surface area contributed by atoms with E-state index in [2.05, 4.69) is 0 Å². The number of aliphatic hydroxyl groups is 1. The Labute approximate surface area is 212 Å². The van der Waals surface area contributed by atoms with E-state index >= 15 is 0 Å². The maximum absolute atomic E-state index is 13.8. The lowest BCUT2D eigenvalue weighted by Crippen LogP contribution is -2.42. The van der Waals surface area contributed by atoms with Gasteiger partial charge in [-0.1, -0.05) is 42.5 Å². The molecule has 37 heavy (non-hydrogen) atoms. The van der Waals surface area contributed by atoms with E-state index in [1.165, 1.54) is 9.13 Å². The van der Waals surface area contributed by atoms with Crippen LogP contribution in [0.3, 0.4) is 0 Å². The molecule has 1 aliphatic rings. The first kappa shape index (κ1) is 23.1. The van der Waals surface area contributed by atoms with Crippen molar-refractivity contribution in [2.45, 2.75) is 26.1 Å². The van der Waals surface area contributed by atoms with Crippen LogP contribution >= 0.6 is 0 Å². The zero-order valence-corrected chi connectivity index (χ0v) is 20.7. The first-order valence-electron chi connectivity index (χ1n) is 12.3. The van der Waals surface area contributed by atoms with Crippen LogP contribution in [-0.4, -0.2) is 43.0 Å². The van der Waals surface area contributed by atoms with E-state index in [9.17, 15) is 14.7 Å². The van der Waals surface area contributed by atoms with E-state index in [1.807, 2.05) is 78.6 Å². The van der Waals surface area contributed by atoms with Crippen molar-refractivity contribution in [3.63, 3.8) is 0 Å². The quantitative estimate of drug-likeness (QED) is 0.401. The van der Waals surface area contributed by atoms with Crippen LogP contribution in [0, 0.1) is 0 Å². The van der Waals surface area contributed by atoms with Crippen LogP contribution in [0.4, 0.5) is 11.6 Å². The van der Waals surface area contributed by atoms with Crippen molar-refractivity contribution in [3.05, 3.63) is 93.1 Å². The molecule has 0 amide bonds. The Kier molecular flexibility index (Phi) is 5.57. The number of aryl methyl sites for hydroxylation is 1. The van der Waals surface area contributed by atoms with Crippen LogP contribution in [0.5, 0.6) is 5.75 Å². The topological polar surface area (TPSA) is 94.5 Å². The number of benzene rings is 3. The summed E-state index contributed by atoms with van der Waals surface area (Å²) in [5.41, 5.74) is 1.42. The number of imidazole rings is 1. The number of aliphatic hydroxyl groups excluding tert-OH is 1. The number of hydrogen-bond acceptors (Lipinski definition) is 6. The molecule has 0 aliphatic carbocycles. The number of nitrogens with zero attached hydrogens (tertiary/aromatic N) is 5. The highest BCUT2D eigenvalue weighted by molar-refractivity contribution is 5.85. The highest BCUT2D eigenvalue weighted by atomic mass is 16.5. The molecule has 5 aromatic rings. The predicted molar refractivity (Wildman–Crippen MR) is 143 cm³/mol. The summed E-state index contributed by atoms with van der Waals surface area (Å²) in [4.78, 5) is 33.8. The molecule has 6 rings (SSSR count). The minimum absolute atomic E-state index is 0.133. The van der Waals surface area contributed by atoms with Crippen molar-refractivity contribution in [3.8, 4) is 5.75 Å². The average Bonchev–Trinajstić information content (AvgIpc) is 3.30. The van der Waals surface area contributed by atoms with E-state index in [0.717, 1.165) is 27.8 Å². The van der Waals surface area contributed by atoms with E-state index in [1.54, 1.807) is 11.6 Å². The third kappa shape index (κ3) is 3.79. The Morgan fingerprint density at radius 3 is 2.54 bits per heavy atom. The van der Waals surface area contributed by atoms with Gasteiger partial charge in [0.1, 0.15) is 5.75 Å². The number of aromatic nitrogens is 4. The minimum atomic E-state index is -0.723. The molecule has 1 aliphatic heterocycles. The fourth-order valence-electron chi connectivity index (χ4n) is 5.15. The average molecular weight is 498 g/mol. The molecule has 1 N–H and O–H groups in total. The summed E-state index contributed by atoms with van der Waals surface area (Å²) in [6, 6.07) is 21.3. The smallest absolute Gasteiger partial charge is 0.332 e. The van der Waals surface area contributed by atoms with E-state index in [0.29, 0.717) is 30.3 Å². The molecule has 3 heterocycles. The number of fused-ring (bicyclic) bond motifs is 4. The summed E-state index contributed by atoms with van der Waals surface area (Å²) in [5, 5.41) is 12.8. The molecule has 0 saturated heterocycles. The molecule has 1 atom stereocenters. The lowest BCUT2D eigenvalue weighted by Gasteiger charge is -2.32. The summed E-state index contributed by atoms with van der Waals surface area (Å²) < 4.78 is 9.94. The Bertz CT molecular complexity index is 1740. The summed E-state index contributed by atoms with van der Waals surface area (Å²) in [6.45, 7) is 3.15. The molecule has 3 aromatic carbocycles. The molecule has 0 saturated carbocycles. The molecule has 9 heteroatoms. The monoisotopic (exact) mass is 497 g/mol. The highest BCUT2D eigenvalue weighted by Crippen LogP contribution is 2.32. The predicted octanol–water partition coefficient (Wildman–Crippen LogP) is 3.01. The molecule has 188 valence electrons. The maximum atomic E-state index is 13.8. The molecule has 0 unspecified atom stereocenters. The number of β-amino-alcohol motifs (C(OH)–C–C–N with tert-alkyl or cyclic N) is 1. The normalized spacial score (nSPS) is 15.3.